The Kier molecular flexibility index (Phi) is 2.04. The largest absolute Gasteiger partial charge is 0.647 e. The van der Waals surface area contributed by atoms with Crippen LogP contribution in [0.5, 0.6) is 5.75 Å². The lowest BCUT2D eigenvalue weighted by molar-refractivity contribution is 0.617. The SMILES string of the molecule is [AlH2][O]c1ccc2ccccc2c1. The highest BCUT2D eigenvalue weighted by Gasteiger charge is 1.92. The molecule has 0 bridgehead atoms. The van der Waals surface area contributed by atoms with Gasteiger partial charge in [0.05, 0.1) is 5.75 Å². The molecule has 0 N–H and O–H groups in total. The van der Waals surface area contributed by atoms with E-state index in [4.69, 9.17) is 3.79 Å². The van der Waals surface area contributed by atoms with Gasteiger partial charge in [-0.25, -0.2) is 0 Å². The zero-order valence-corrected chi connectivity index (χ0v) is 8.95. The fraction of sp³-hybridized carbons (Fsp3) is 0. The molecule has 0 saturated heterocycles. The van der Waals surface area contributed by atoms with Gasteiger partial charge in [-0.3, -0.25) is 0 Å². The van der Waals surface area contributed by atoms with Gasteiger partial charge < -0.3 is 3.79 Å². The molecule has 0 atom stereocenters. The molecule has 0 amide bonds. The van der Waals surface area contributed by atoms with Crippen molar-refractivity contribution in [3.8, 4) is 5.75 Å². The van der Waals surface area contributed by atoms with Crippen LogP contribution in [0, 0.1) is 0 Å². The number of fused-ring (bicyclic) bond motifs is 1. The van der Waals surface area contributed by atoms with Crippen LogP contribution in [0.2, 0.25) is 0 Å². The Balaban J connectivity index is 2.67. The summed E-state index contributed by atoms with van der Waals surface area (Å²) in [5, 5.41) is 2.51. The third kappa shape index (κ3) is 1.32. The summed E-state index contributed by atoms with van der Waals surface area (Å²) in [5.74, 6) is 0.973. The molecule has 0 aliphatic rings. The predicted octanol–water partition coefficient (Wildman–Crippen LogP) is 1.77. The summed E-state index contributed by atoms with van der Waals surface area (Å²) in [6, 6.07) is 14.5. The molecule has 2 rings (SSSR count). The lowest BCUT2D eigenvalue weighted by Crippen LogP contribution is -1.83. The molecule has 0 saturated carbocycles. The highest BCUT2D eigenvalue weighted by Crippen LogP contribution is 2.19. The summed E-state index contributed by atoms with van der Waals surface area (Å²) in [7, 11) is 0. The molecule has 2 aromatic carbocycles. The van der Waals surface area contributed by atoms with E-state index in [-0.39, 0.29) is 0 Å². The van der Waals surface area contributed by atoms with Gasteiger partial charge in [-0.2, -0.15) is 0 Å². The van der Waals surface area contributed by atoms with Gasteiger partial charge in [0.15, 0.2) is 0 Å². The predicted molar refractivity (Wildman–Crippen MR) is 53.1 cm³/mol. The summed E-state index contributed by atoms with van der Waals surface area (Å²) in [4.78, 5) is 0. The van der Waals surface area contributed by atoms with Crippen molar-refractivity contribution in [2.75, 3.05) is 0 Å². The van der Waals surface area contributed by atoms with Crippen LogP contribution in [-0.4, -0.2) is 16.6 Å². The Morgan fingerprint density at radius 3 is 2.42 bits per heavy atom. The monoisotopic (exact) mass is 172 g/mol. The van der Waals surface area contributed by atoms with E-state index in [2.05, 4.69) is 24.3 Å². The average molecular weight is 172 g/mol. The zero-order chi connectivity index (χ0) is 8.39. The second-order valence-corrected chi connectivity index (χ2v) is 3.12. The van der Waals surface area contributed by atoms with E-state index in [0.29, 0.717) is 0 Å². The Bertz CT molecular complexity index is 398. The fourth-order valence-electron chi connectivity index (χ4n) is 1.29. The highest BCUT2D eigenvalue weighted by molar-refractivity contribution is 6.00. The van der Waals surface area contributed by atoms with Crippen LogP contribution in [0.15, 0.2) is 42.5 Å². The first kappa shape index (κ1) is 7.67. The van der Waals surface area contributed by atoms with E-state index >= 15 is 0 Å². The van der Waals surface area contributed by atoms with Crippen LogP contribution in [0.25, 0.3) is 10.8 Å². The Labute approximate surface area is 79.7 Å². The maximum absolute atomic E-state index is 5.26. The molecule has 0 heterocycles. The lowest BCUT2D eigenvalue weighted by Gasteiger charge is -2.03. The van der Waals surface area contributed by atoms with E-state index in [1.807, 2.05) is 18.2 Å². The van der Waals surface area contributed by atoms with Gasteiger partial charge in [-0.1, -0.05) is 30.3 Å². The van der Waals surface area contributed by atoms with Gasteiger partial charge in [0, 0.05) is 0 Å². The molecular formula is C10H9AlO. The summed E-state index contributed by atoms with van der Waals surface area (Å²) in [6.45, 7) is 0. The van der Waals surface area contributed by atoms with Crippen molar-refractivity contribution in [2.45, 2.75) is 0 Å². The van der Waals surface area contributed by atoms with E-state index in [9.17, 15) is 0 Å². The maximum atomic E-state index is 5.26. The van der Waals surface area contributed by atoms with Gasteiger partial charge in [0.25, 0.3) is 0 Å². The number of benzene rings is 2. The zero-order valence-electron chi connectivity index (χ0n) is 6.95. The normalized spacial score (nSPS) is 10.0. The topological polar surface area (TPSA) is 9.23 Å². The van der Waals surface area contributed by atoms with Gasteiger partial charge in [0.2, 0.25) is 0 Å². The standard InChI is InChI=1S/C10H8O.Al.2H/c11-10-6-5-8-3-1-2-4-9(8)7-10;;;/h1-7,11H;;;/q;+1;;/p-1. The smallest absolute Gasteiger partial charge is 0.496 e. The van der Waals surface area contributed by atoms with E-state index < -0.39 is 0 Å². The molecule has 0 spiro atoms. The summed E-state index contributed by atoms with van der Waals surface area (Å²) < 4.78 is 5.26. The number of hydrogen-bond donors (Lipinski definition) is 0. The minimum atomic E-state index is 0.752. The molecule has 2 aromatic rings. The van der Waals surface area contributed by atoms with Crippen LogP contribution >= 0.6 is 0 Å². The van der Waals surface area contributed by atoms with E-state index in [0.717, 1.165) is 22.4 Å². The first-order valence-corrected chi connectivity index (χ1v) is 4.74. The van der Waals surface area contributed by atoms with Crippen molar-refractivity contribution >= 4 is 27.4 Å². The molecule has 58 valence electrons. The molecule has 2 heteroatoms. The molecular weight excluding hydrogens is 163 g/mol. The molecule has 0 aromatic heterocycles. The van der Waals surface area contributed by atoms with Crippen molar-refractivity contribution in [3.63, 3.8) is 0 Å². The second-order valence-electron chi connectivity index (χ2n) is 2.71. The summed E-state index contributed by atoms with van der Waals surface area (Å²) in [6.07, 6.45) is 0. The molecule has 12 heavy (non-hydrogen) atoms. The summed E-state index contributed by atoms with van der Waals surface area (Å²) in [5.41, 5.74) is 0. The van der Waals surface area contributed by atoms with Gasteiger partial charge in [-0.15, -0.1) is 0 Å². The van der Waals surface area contributed by atoms with Crippen LogP contribution in [0.3, 0.4) is 0 Å². The third-order valence-corrected chi connectivity index (χ3v) is 2.43. The first-order chi connectivity index (χ1) is 5.90. The molecule has 0 aliphatic heterocycles. The molecule has 1 nitrogen and oxygen atoms in total. The molecule has 0 unspecified atom stereocenters. The van der Waals surface area contributed by atoms with Crippen molar-refractivity contribution in [1.29, 1.82) is 0 Å². The Morgan fingerprint density at radius 2 is 1.67 bits per heavy atom. The Hall–Kier alpha value is -0.968. The first-order valence-electron chi connectivity index (χ1n) is 3.93. The molecule has 0 fully saturated rings. The fourth-order valence-corrected chi connectivity index (χ4v) is 1.55. The number of rotatable bonds is 1. The van der Waals surface area contributed by atoms with Gasteiger partial charge in [0.1, 0.15) is 0 Å². The maximum Gasteiger partial charge on any atom is 0.496 e. The third-order valence-electron chi connectivity index (χ3n) is 1.96. The Morgan fingerprint density at radius 1 is 0.917 bits per heavy atom. The van der Waals surface area contributed by atoms with Crippen LogP contribution < -0.4 is 3.79 Å². The highest BCUT2D eigenvalue weighted by atomic mass is 27.1. The van der Waals surface area contributed by atoms with Crippen molar-refractivity contribution in [1.82, 2.24) is 0 Å². The van der Waals surface area contributed by atoms with Crippen molar-refractivity contribution in [2.24, 2.45) is 0 Å². The molecule has 0 aliphatic carbocycles. The van der Waals surface area contributed by atoms with Crippen LogP contribution in [0.1, 0.15) is 0 Å². The summed E-state index contributed by atoms with van der Waals surface area (Å²) >= 11 is 0.752. The minimum Gasteiger partial charge on any atom is -0.647 e. The van der Waals surface area contributed by atoms with Gasteiger partial charge >= 0.3 is 16.6 Å². The van der Waals surface area contributed by atoms with Crippen LogP contribution in [0.4, 0.5) is 0 Å². The average Bonchev–Trinajstić information content (AvgIpc) is 2.17. The van der Waals surface area contributed by atoms with E-state index in [1.165, 1.54) is 10.8 Å². The second kappa shape index (κ2) is 3.18. The molecule has 0 radical (unpaired) electrons. The number of hydrogen-bond acceptors (Lipinski definition) is 1. The van der Waals surface area contributed by atoms with Crippen LogP contribution in [-0.2, 0) is 0 Å². The minimum absolute atomic E-state index is 0.752. The lowest BCUT2D eigenvalue weighted by atomic mass is 10.1. The quantitative estimate of drug-likeness (QED) is 0.595. The van der Waals surface area contributed by atoms with Crippen molar-refractivity contribution in [3.05, 3.63) is 42.5 Å². The van der Waals surface area contributed by atoms with Gasteiger partial charge in [-0.05, 0) is 22.9 Å². The van der Waals surface area contributed by atoms with Crippen molar-refractivity contribution < 1.29 is 3.79 Å². The van der Waals surface area contributed by atoms with E-state index in [1.54, 1.807) is 0 Å².